The first-order chi connectivity index (χ1) is 8.06. The van der Waals surface area contributed by atoms with Crippen molar-refractivity contribution in [1.82, 2.24) is 9.38 Å². The third kappa shape index (κ3) is 1.61. The number of fused-ring (bicyclic) bond motifs is 1. The Bertz CT molecular complexity index is 617. The lowest BCUT2D eigenvalue weighted by Gasteiger charge is -1.98. The second kappa shape index (κ2) is 3.85. The molecule has 0 radical (unpaired) electrons. The zero-order valence-electron chi connectivity index (χ0n) is 8.95. The highest BCUT2D eigenvalue weighted by molar-refractivity contribution is 5.98. The fraction of sp³-hybridized carbons (Fsp3) is 0.200. The molecule has 0 fully saturated rings. The Hall–Kier alpha value is -2.44. The van der Waals surface area contributed by atoms with Crippen molar-refractivity contribution in [2.45, 2.75) is 13.3 Å². The molecule has 0 bridgehead atoms. The van der Waals surface area contributed by atoms with Crippen LogP contribution in [-0.4, -0.2) is 25.4 Å². The van der Waals surface area contributed by atoms with E-state index in [1.165, 1.54) is 16.5 Å². The van der Waals surface area contributed by atoms with E-state index in [1.807, 2.05) is 0 Å². The van der Waals surface area contributed by atoms with Crippen molar-refractivity contribution in [2.75, 3.05) is 0 Å². The molecular formula is C10H9N3O4. The standard InChI is InChI=1S/C10H9N3O4/c1-2-7-11-9(13(16)17)8-6(10(14)15)4-3-5-12(7)8/h3-5H,2H2,1H3,(H,14,15). The summed E-state index contributed by atoms with van der Waals surface area (Å²) >= 11 is 0. The Labute approximate surface area is 95.5 Å². The van der Waals surface area contributed by atoms with Crippen LogP contribution in [-0.2, 0) is 6.42 Å². The maximum absolute atomic E-state index is 11.0. The molecule has 2 aromatic heterocycles. The lowest BCUT2D eigenvalue weighted by Crippen LogP contribution is -2.02. The van der Waals surface area contributed by atoms with Gasteiger partial charge in [0, 0.05) is 12.6 Å². The van der Waals surface area contributed by atoms with Crippen molar-refractivity contribution in [3.63, 3.8) is 0 Å². The summed E-state index contributed by atoms with van der Waals surface area (Å²) in [5.74, 6) is -1.16. The third-order valence-corrected chi connectivity index (χ3v) is 2.44. The number of carboxylic acid groups (broad SMARTS) is 1. The van der Waals surface area contributed by atoms with Gasteiger partial charge in [0.2, 0.25) is 5.82 Å². The second-order valence-electron chi connectivity index (χ2n) is 3.41. The van der Waals surface area contributed by atoms with Gasteiger partial charge in [-0.2, -0.15) is 0 Å². The number of aryl methyl sites for hydroxylation is 1. The number of pyridine rings is 1. The Kier molecular flexibility index (Phi) is 2.51. The van der Waals surface area contributed by atoms with Crippen LogP contribution in [0, 0.1) is 10.1 Å². The third-order valence-electron chi connectivity index (χ3n) is 2.44. The van der Waals surface area contributed by atoms with Crippen molar-refractivity contribution >= 4 is 17.3 Å². The molecule has 1 N–H and O–H groups in total. The molecule has 7 nitrogen and oxygen atoms in total. The Balaban J connectivity index is 2.91. The van der Waals surface area contributed by atoms with E-state index in [0.29, 0.717) is 12.2 Å². The minimum atomic E-state index is -1.21. The molecule has 0 spiro atoms. The molecule has 7 heteroatoms. The van der Waals surface area contributed by atoms with Gasteiger partial charge >= 0.3 is 11.8 Å². The number of nitrogens with zero attached hydrogens (tertiary/aromatic N) is 3. The lowest BCUT2D eigenvalue weighted by molar-refractivity contribution is -0.387. The number of nitro groups is 1. The summed E-state index contributed by atoms with van der Waals surface area (Å²) in [5.41, 5.74) is -0.0896. The molecule has 0 saturated carbocycles. The van der Waals surface area contributed by atoms with E-state index in [1.54, 1.807) is 13.1 Å². The van der Waals surface area contributed by atoms with Crippen LogP contribution in [0.2, 0.25) is 0 Å². The summed E-state index contributed by atoms with van der Waals surface area (Å²) < 4.78 is 1.45. The molecule has 0 aromatic carbocycles. The molecule has 0 aliphatic rings. The van der Waals surface area contributed by atoms with Gasteiger partial charge in [0.1, 0.15) is 0 Å². The van der Waals surface area contributed by atoms with E-state index in [2.05, 4.69) is 4.98 Å². The fourth-order valence-corrected chi connectivity index (χ4v) is 1.73. The summed E-state index contributed by atoms with van der Waals surface area (Å²) in [6.07, 6.45) is 2.05. The van der Waals surface area contributed by atoms with Gasteiger partial charge in [-0.05, 0) is 22.0 Å². The smallest absolute Gasteiger partial charge is 0.390 e. The van der Waals surface area contributed by atoms with Gasteiger partial charge in [0.05, 0.1) is 5.56 Å². The first kappa shape index (κ1) is 11.1. The lowest BCUT2D eigenvalue weighted by atomic mass is 10.2. The fourth-order valence-electron chi connectivity index (χ4n) is 1.73. The van der Waals surface area contributed by atoms with Crippen molar-refractivity contribution in [2.24, 2.45) is 0 Å². The molecule has 2 heterocycles. The summed E-state index contributed by atoms with van der Waals surface area (Å²) in [6, 6.07) is 2.85. The number of hydrogen-bond donors (Lipinski definition) is 1. The average molecular weight is 235 g/mol. The van der Waals surface area contributed by atoms with Gasteiger partial charge < -0.3 is 15.2 Å². The van der Waals surface area contributed by atoms with Crippen LogP contribution in [0.4, 0.5) is 5.82 Å². The number of imidazole rings is 1. The predicted molar refractivity (Wildman–Crippen MR) is 58.2 cm³/mol. The normalized spacial score (nSPS) is 10.6. The number of carboxylic acids is 1. The number of rotatable bonds is 3. The van der Waals surface area contributed by atoms with Gasteiger partial charge in [0.15, 0.2) is 5.52 Å². The van der Waals surface area contributed by atoms with Gasteiger partial charge in [0.25, 0.3) is 0 Å². The van der Waals surface area contributed by atoms with E-state index in [4.69, 9.17) is 5.11 Å². The van der Waals surface area contributed by atoms with Crippen LogP contribution in [0.1, 0.15) is 23.1 Å². The van der Waals surface area contributed by atoms with Crippen LogP contribution < -0.4 is 0 Å². The minimum Gasteiger partial charge on any atom is -0.478 e. The molecule has 0 unspecified atom stereocenters. The van der Waals surface area contributed by atoms with Gasteiger partial charge in [-0.25, -0.2) is 4.79 Å². The maximum atomic E-state index is 11.0. The van der Waals surface area contributed by atoms with Crippen molar-refractivity contribution in [3.8, 4) is 0 Å². The summed E-state index contributed by atoms with van der Waals surface area (Å²) in [7, 11) is 0. The van der Waals surface area contributed by atoms with Crippen LogP contribution in [0.15, 0.2) is 18.3 Å². The Morgan fingerprint density at radius 3 is 2.88 bits per heavy atom. The zero-order chi connectivity index (χ0) is 12.6. The highest BCUT2D eigenvalue weighted by Crippen LogP contribution is 2.24. The van der Waals surface area contributed by atoms with E-state index >= 15 is 0 Å². The van der Waals surface area contributed by atoms with Crippen LogP contribution in [0.3, 0.4) is 0 Å². The molecular weight excluding hydrogens is 226 g/mol. The highest BCUT2D eigenvalue weighted by Gasteiger charge is 2.25. The topological polar surface area (TPSA) is 97.7 Å². The van der Waals surface area contributed by atoms with E-state index in [9.17, 15) is 14.9 Å². The molecule has 0 atom stereocenters. The average Bonchev–Trinajstić information content (AvgIpc) is 2.67. The van der Waals surface area contributed by atoms with Crippen molar-refractivity contribution < 1.29 is 14.8 Å². The number of carbonyl (C=O) groups is 1. The summed E-state index contributed by atoms with van der Waals surface area (Å²) in [4.78, 5) is 25.1. The molecule has 17 heavy (non-hydrogen) atoms. The maximum Gasteiger partial charge on any atom is 0.390 e. The second-order valence-corrected chi connectivity index (χ2v) is 3.41. The summed E-state index contributed by atoms with van der Waals surface area (Å²) in [6.45, 7) is 1.80. The predicted octanol–water partition coefficient (Wildman–Crippen LogP) is 1.50. The molecule has 88 valence electrons. The molecule has 0 aliphatic heterocycles. The van der Waals surface area contributed by atoms with Crippen molar-refractivity contribution in [1.29, 1.82) is 0 Å². The van der Waals surface area contributed by atoms with Gasteiger partial charge in [-0.1, -0.05) is 6.92 Å². The minimum absolute atomic E-state index is 0.0295. The largest absolute Gasteiger partial charge is 0.478 e. The van der Waals surface area contributed by atoms with Crippen LogP contribution >= 0.6 is 0 Å². The first-order valence-corrected chi connectivity index (χ1v) is 4.94. The van der Waals surface area contributed by atoms with E-state index in [-0.39, 0.29) is 11.1 Å². The Morgan fingerprint density at radius 1 is 1.65 bits per heavy atom. The van der Waals surface area contributed by atoms with Crippen LogP contribution in [0.5, 0.6) is 0 Å². The van der Waals surface area contributed by atoms with Gasteiger partial charge in [-0.15, -0.1) is 0 Å². The summed E-state index contributed by atoms with van der Waals surface area (Å²) in [5, 5.41) is 19.9. The number of aromatic carboxylic acids is 1. The zero-order valence-corrected chi connectivity index (χ0v) is 8.95. The SMILES string of the molecule is CCc1nc([N+](=O)[O-])c2c(C(=O)O)cccn12. The molecule has 0 aliphatic carbocycles. The van der Waals surface area contributed by atoms with E-state index in [0.717, 1.165) is 0 Å². The number of hydrogen-bond acceptors (Lipinski definition) is 4. The monoisotopic (exact) mass is 235 g/mol. The quantitative estimate of drug-likeness (QED) is 0.642. The Morgan fingerprint density at radius 2 is 2.35 bits per heavy atom. The number of aromatic nitrogens is 2. The molecule has 0 amide bonds. The van der Waals surface area contributed by atoms with Crippen molar-refractivity contribution in [3.05, 3.63) is 39.8 Å². The van der Waals surface area contributed by atoms with Gasteiger partial charge in [-0.3, -0.25) is 4.40 Å². The first-order valence-electron chi connectivity index (χ1n) is 4.94. The molecule has 2 aromatic rings. The highest BCUT2D eigenvalue weighted by atomic mass is 16.6. The molecule has 0 saturated heterocycles. The molecule has 2 rings (SSSR count). The van der Waals surface area contributed by atoms with E-state index < -0.39 is 16.7 Å². The van der Waals surface area contributed by atoms with Crippen LogP contribution in [0.25, 0.3) is 5.52 Å².